The first kappa shape index (κ1) is 17.1. The van der Waals surface area contributed by atoms with E-state index in [9.17, 15) is 8.76 Å². The van der Waals surface area contributed by atoms with Crippen LogP contribution in [0, 0.1) is 0 Å². The number of nitrogens with one attached hydrogen (secondary N) is 1. The lowest BCUT2D eigenvalue weighted by Crippen LogP contribution is -2.47. The fourth-order valence-electron chi connectivity index (χ4n) is 2.33. The minimum atomic E-state index is -2.02. The Bertz CT molecular complexity index is 491. The van der Waals surface area contributed by atoms with Crippen LogP contribution in [-0.4, -0.2) is 73.8 Å². The van der Waals surface area contributed by atoms with Crippen molar-refractivity contribution in [1.82, 2.24) is 19.9 Å². The highest BCUT2D eigenvalue weighted by Gasteiger charge is 2.19. The van der Waals surface area contributed by atoms with Crippen molar-refractivity contribution >= 4 is 22.8 Å². The number of hydrazine groups is 1. The summed E-state index contributed by atoms with van der Waals surface area (Å²) in [5, 5.41) is 2.06. The lowest BCUT2D eigenvalue weighted by Gasteiger charge is -2.35. The van der Waals surface area contributed by atoms with E-state index < -0.39 is 11.1 Å². The minimum Gasteiger partial charge on any atom is -0.771 e. The number of nitrogens with zero attached hydrogens (tertiary/aromatic N) is 5. The van der Waals surface area contributed by atoms with Crippen molar-refractivity contribution in [1.29, 1.82) is 0 Å². The lowest BCUT2D eigenvalue weighted by molar-refractivity contribution is 0.290. The van der Waals surface area contributed by atoms with Gasteiger partial charge < -0.3 is 14.9 Å². The van der Waals surface area contributed by atoms with Gasteiger partial charge in [0.2, 0.25) is 5.95 Å². The molecule has 0 amide bonds. The Morgan fingerprint density at radius 1 is 1.32 bits per heavy atom. The quantitative estimate of drug-likeness (QED) is 0.557. The molecule has 0 bridgehead atoms. The first-order chi connectivity index (χ1) is 10.6. The average molecular weight is 327 g/mol. The van der Waals surface area contributed by atoms with Gasteiger partial charge in [0.1, 0.15) is 5.82 Å². The fraction of sp³-hybridized carbons (Fsp3) is 0.692. The Balaban J connectivity index is 1.94. The molecule has 1 N–H and O–H groups in total. The molecule has 2 heterocycles. The molecule has 1 aromatic rings. The summed E-state index contributed by atoms with van der Waals surface area (Å²) in [4.78, 5) is 12.9. The molecule has 2 rings (SSSR count). The van der Waals surface area contributed by atoms with Crippen molar-refractivity contribution in [3.05, 3.63) is 12.3 Å². The highest BCUT2D eigenvalue weighted by Crippen LogP contribution is 2.14. The molecule has 1 aliphatic heterocycles. The van der Waals surface area contributed by atoms with Gasteiger partial charge in [-0.1, -0.05) is 13.8 Å². The predicted octanol–water partition coefficient (Wildman–Crippen LogP) is 0.104. The molecule has 0 radical (unpaired) electrons. The Morgan fingerprint density at radius 3 is 2.59 bits per heavy atom. The third kappa shape index (κ3) is 4.87. The molecular weight excluding hydrogens is 304 g/mol. The molecular formula is C13H23N6O2S-. The van der Waals surface area contributed by atoms with Crippen molar-refractivity contribution in [2.45, 2.75) is 13.8 Å². The normalized spacial score (nSPS) is 17.7. The summed E-state index contributed by atoms with van der Waals surface area (Å²) in [6.45, 7) is 8.80. The first-order valence-electron chi connectivity index (χ1n) is 7.50. The summed E-state index contributed by atoms with van der Waals surface area (Å²) in [6.07, 6.45) is 1.74. The third-order valence-corrected chi connectivity index (χ3v) is 4.20. The van der Waals surface area contributed by atoms with Crippen molar-refractivity contribution in [2.75, 3.05) is 55.5 Å². The first-order valence-corrected chi connectivity index (χ1v) is 8.74. The average Bonchev–Trinajstić information content (AvgIpc) is 2.53. The van der Waals surface area contributed by atoms with Gasteiger partial charge in [-0.15, -0.1) is 0 Å². The van der Waals surface area contributed by atoms with E-state index in [-0.39, 0.29) is 5.88 Å². The van der Waals surface area contributed by atoms with Gasteiger partial charge in [0.05, 0.1) is 5.88 Å². The van der Waals surface area contributed by atoms with E-state index in [4.69, 9.17) is 0 Å². The van der Waals surface area contributed by atoms with Gasteiger partial charge in [-0.2, -0.15) is 4.98 Å². The molecule has 1 saturated heterocycles. The van der Waals surface area contributed by atoms with Crippen molar-refractivity contribution in [3.8, 4) is 0 Å². The number of piperazine rings is 1. The third-order valence-electron chi connectivity index (χ3n) is 3.62. The molecule has 1 fully saturated rings. The zero-order chi connectivity index (χ0) is 15.9. The Hall–Kier alpha value is -1.29. The van der Waals surface area contributed by atoms with E-state index in [2.05, 4.69) is 39.2 Å². The number of anilines is 2. The lowest BCUT2D eigenvalue weighted by atomic mass is 10.3. The molecule has 1 unspecified atom stereocenters. The van der Waals surface area contributed by atoms with Crippen LogP contribution in [0.5, 0.6) is 0 Å². The zero-order valence-corrected chi connectivity index (χ0v) is 13.9. The second-order valence-electron chi connectivity index (χ2n) is 5.06. The number of rotatable bonds is 7. The molecule has 0 aromatic carbocycles. The van der Waals surface area contributed by atoms with Crippen LogP contribution >= 0.6 is 0 Å². The van der Waals surface area contributed by atoms with Gasteiger partial charge in [-0.25, -0.2) is 9.99 Å². The van der Waals surface area contributed by atoms with Crippen LogP contribution in [0.25, 0.3) is 0 Å². The molecule has 0 aliphatic carbocycles. The highest BCUT2D eigenvalue weighted by atomic mass is 32.2. The standard InChI is InChI=1S/C13H24N6O2S/c1-3-19(4-2)16-12-5-6-14-13(15-12)18-9-7-17(8-10-18)11-22(20)21/h5-6H,3-4,7-11H2,1-2H3,(H,20,21)(H,14,15,16)/p-1. The fourth-order valence-corrected chi connectivity index (χ4v) is 2.89. The van der Waals surface area contributed by atoms with E-state index in [1.54, 1.807) is 6.20 Å². The summed E-state index contributed by atoms with van der Waals surface area (Å²) in [7, 11) is 0. The van der Waals surface area contributed by atoms with Gasteiger partial charge in [0, 0.05) is 51.5 Å². The van der Waals surface area contributed by atoms with E-state index in [1.165, 1.54) is 0 Å². The number of hydrogen-bond acceptors (Lipinski definition) is 8. The Morgan fingerprint density at radius 2 is 2.00 bits per heavy atom. The number of aromatic nitrogens is 2. The molecule has 1 aromatic heterocycles. The molecule has 9 heteroatoms. The van der Waals surface area contributed by atoms with Crippen LogP contribution in [0.1, 0.15) is 13.8 Å². The maximum absolute atomic E-state index is 10.7. The van der Waals surface area contributed by atoms with Crippen LogP contribution in [0.3, 0.4) is 0 Å². The van der Waals surface area contributed by atoms with Crippen LogP contribution in [0.4, 0.5) is 11.8 Å². The number of hydrogen-bond donors (Lipinski definition) is 1. The van der Waals surface area contributed by atoms with Crippen LogP contribution < -0.4 is 10.3 Å². The van der Waals surface area contributed by atoms with Crippen LogP contribution in [0.2, 0.25) is 0 Å². The summed E-state index contributed by atoms with van der Waals surface area (Å²) < 4.78 is 21.5. The minimum absolute atomic E-state index is 0.0955. The topological polar surface area (TPSA) is 87.7 Å². The van der Waals surface area contributed by atoms with Crippen molar-refractivity contribution < 1.29 is 8.76 Å². The smallest absolute Gasteiger partial charge is 0.227 e. The summed E-state index contributed by atoms with van der Waals surface area (Å²) in [5.41, 5.74) is 3.26. The summed E-state index contributed by atoms with van der Waals surface area (Å²) in [6, 6.07) is 1.85. The van der Waals surface area contributed by atoms with Crippen LogP contribution in [-0.2, 0) is 11.1 Å². The maximum atomic E-state index is 10.7. The second-order valence-corrected chi connectivity index (χ2v) is 5.93. The molecule has 0 saturated carbocycles. The second kappa shape index (κ2) is 8.37. The highest BCUT2D eigenvalue weighted by molar-refractivity contribution is 7.79. The van der Waals surface area contributed by atoms with Crippen molar-refractivity contribution in [2.24, 2.45) is 0 Å². The van der Waals surface area contributed by atoms with Gasteiger partial charge in [0.15, 0.2) is 0 Å². The molecule has 22 heavy (non-hydrogen) atoms. The summed E-state index contributed by atoms with van der Waals surface area (Å²) in [5.74, 6) is 1.55. The van der Waals surface area contributed by atoms with Gasteiger partial charge in [-0.05, 0) is 11.1 Å². The molecule has 0 spiro atoms. The van der Waals surface area contributed by atoms with E-state index in [1.807, 2.05) is 11.0 Å². The molecule has 8 nitrogen and oxygen atoms in total. The maximum Gasteiger partial charge on any atom is 0.227 e. The molecule has 1 atom stereocenters. The molecule has 1 aliphatic rings. The van der Waals surface area contributed by atoms with Gasteiger partial charge in [-0.3, -0.25) is 9.11 Å². The summed E-state index contributed by atoms with van der Waals surface area (Å²) >= 11 is -2.02. The van der Waals surface area contributed by atoms with Crippen molar-refractivity contribution in [3.63, 3.8) is 0 Å². The Kier molecular flexibility index (Phi) is 6.49. The SMILES string of the molecule is CCN(CC)Nc1ccnc(N2CCN(CS(=O)[O-])CC2)n1. The van der Waals surface area contributed by atoms with Gasteiger partial charge in [0.25, 0.3) is 0 Å². The van der Waals surface area contributed by atoms with E-state index in [0.29, 0.717) is 19.0 Å². The Labute approximate surface area is 133 Å². The van der Waals surface area contributed by atoms with Gasteiger partial charge >= 0.3 is 0 Å². The molecule has 124 valence electrons. The van der Waals surface area contributed by atoms with Crippen LogP contribution in [0.15, 0.2) is 12.3 Å². The largest absolute Gasteiger partial charge is 0.771 e. The van der Waals surface area contributed by atoms with E-state index >= 15 is 0 Å². The zero-order valence-electron chi connectivity index (χ0n) is 13.1. The van der Waals surface area contributed by atoms with E-state index in [0.717, 1.165) is 32.0 Å². The monoisotopic (exact) mass is 327 g/mol. The predicted molar refractivity (Wildman–Crippen MR) is 86.1 cm³/mol.